The first kappa shape index (κ1) is 29.7. The van der Waals surface area contributed by atoms with E-state index in [0.29, 0.717) is 6.07 Å². The Morgan fingerprint density at radius 1 is 1.07 bits per heavy atom. The van der Waals surface area contributed by atoms with Crippen molar-refractivity contribution in [3.05, 3.63) is 48.0 Å². The zero-order chi connectivity index (χ0) is 28.9. The quantitative estimate of drug-likeness (QED) is 0.486. The zero-order valence-corrected chi connectivity index (χ0v) is 22.5. The highest BCUT2D eigenvalue weighted by molar-refractivity contribution is 7.89. The van der Waals surface area contributed by atoms with Crippen molar-refractivity contribution < 1.29 is 40.4 Å². The molecule has 2 atom stereocenters. The lowest BCUT2D eigenvalue weighted by Crippen LogP contribution is -2.53. The number of carbonyl (C=O) groups is 3. The Morgan fingerprint density at radius 2 is 1.82 bits per heavy atom. The van der Waals surface area contributed by atoms with Crippen molar-refractivity contribution in [1.82, 2.24) is 19.9 Å². The Balaban J connectivity index is 1.45. The summed E-state index contributed by atoms with van der Waals surface area (Å²) >= 11 is 0. The minimum absolute atomic E-state index is 0.0549. The standard InChI is InChI=1S/C26H31F3N4O6S/c27-26(28,29)22-12-11-21(39-22)25(36)32-19(15-17-7-2-1-3-8-17)24(35)31-18-9-6-14-33(16-20(18)34)40(37,38)23-10-4-5-13-30-23/h4-5,10-13,17-19H,1-3,6-9,14-16H2,(H,31,35)(H,32,36)/t18-,19-/m0/s1. The van der Waals surface area contributed by atoms with Gasteiger partial charge in [-0.05, 0) is 49.4 Å². The van der Waals surface area contributed by atoms with Crippen molar-refractivity contribution in [2.24, 2.45) is 5.92 Å². The molecule has 1 aliphatic carbocycles. The van der Waals surface area contributed by atoms with Gasteiger partial charge in [0.2, 0.25) is 11.7 Å². The Bertz CT molecular complexity index is 1310. The third-order valence-electron chi connectivity index (χ3n) is 7.20. The summed E-state index contributed by atoms with van der Waals surface area (Å²) in [5, 5.41) is 4.94. The largest absolute Gasteiger partial charge is 0.449 e. The molecule has 2 aromatic heterocycles. The summed E-state index contributed by atoms with van der Waals surface area (Å²) in [5.74, 6) is -3.98. The van der Waals surface area contributed by atoms with Gasteiger partial charge in [0.1, 0.15) is 6.04 Å². The Labute approximate surface area is 229 Å². The maximum absolute atomic E-state index is 13.3. The maximum atomic E-state index is 13.3. The van der Waals surface area contributed by atoms with E-state index in [1.807, 2.05) is 0 Å². The number of nitrogens with zero attached hydrogens (tertiary/aromatic N) is 2. The van der Waals surface area contributed by atoms with E-state index in [0.717, 1.165) is 42.5 Å². The van der Waals surface area contributed by atoms with E-state index in [1.54, 1.807) is 6.07 Å². The third-order valence-corrected chi connectivity index (χ3v) is 8.97. The number of halogens is 3. The second-order valence-corrected chi connectivity index (χ2v) is 12.0. The third kappa shape index (κ3) is 7.27. The Hall–Kier alpha value is -3.26. The van der Waals surface area contributed by atoms with Gasteiger partial charge in [0.15, 0.2) is 16.6 Å². The van der Waals surface area contributed by atoms with Gasteiger partial charge in [-0.3, -0.25) is 14.4 Å². The van der Waals surface area contributed by atoms with Gasteiger partial charge in [-0.2, -0.15) is 17.5 Å². The van der Waals surface area contributed by atoms with Crippen molar-refractivity contribution in [3.63, 3.8) is 0 Å². The number of sulfonamides is 1. The smallest absolute Gasteiger partial charge is 0.446 e. The molecule has 0 unspecified atom stereocenters. The van der Waals surface area contributed by atoms with Gasteiger partial charge < -0.3 is 15.1 Å². The van der Waals surface area contributed by atoms with E-state index in [2.05, 4.69) is 20.0 Å². The van der Waals surface area contributed by atoms with Crippen LogP contribution in [0, 0.1) is 5.92 Å². The second kappa shape index (κ2) is 12.5. The number of pyridine rings is 1. The summed E-state index contributed by atoms with van der Waals surface area (Å²) in [6, 6.07) is 3.83. The van der Waals surface area contributed by atoms with Gasteiger partial charge >= 0.3 is 6.18 Å². The highest BCUT2D eigenvalue weighted by Crippen LogP contribution is 2.31. The van der Waals surface area contributed by atoms with Crippen LogP contribution in [0.4, 0.5) is 13.2 Å². The summed E-state index contributed by atoms with van der Waals surface area (Å²) in [6.07, 6.45) is 1.92. The molecule has 10 nitrogen and oxygen atoms in total. The van der Waals surface area contributed by atoms with Crippen LogP contribution in [0.5, 0.6) is 0 Å². The first-order chi connectivity index (χ1) is 18.9. The highest BCUT2D eigenvalue weighted by atomic mass is 32.2. The Kier molecular flexibility index (Phi) is 9.29. The number of furan rings is 1. The molecule has 40 heavy (non-hydrogen) atoms. The molecular weight excluding hydrogens is 553 g/mol. The second-order valence-electron chi connectivity index (χ2n) is 10.1. The molecule has 2 amide bonds. The Morgan fingerprint density at radius 3 is 2.48 bits per heavy atom. The number of ketones is 1. The lowest BCUT2D eigenvalue weighted by Gasteiger charge is -2.27. The zero-order valence-electron chi connectivity index (χ0n) is 21.7. The number of nitrogens with one attached hydrogen (secondary N) is 2. The van der Waals surface area contributed by atoms with Gasteiger partial charge in [0, 0.05) is 12.7 Å². The molecule has 3 heterocycles. The highest BCUT2D eigenvalue weighted by Gasteiger charge is 2.37. The van der Waals surface area contributed by atoms with Gasteiger partial charge in [-0.25, -0.2) is 13.4 Å². The summed E-state index contributed by atoms with van der Waals surface area (Å²) in [4.78, 5) is 43.0. The number of amides is 2. The molecule has 2 aliphatic rings. The molecule has 14 heteroatoms. The van der Waals surface area contributed by atoms with E-state index in [4.69, 9.17) is 0 Å². The van der Waals surface area contributed by atoms with Crippen molar-refractivity contribution >= 4 is 27.6 Å². The number of Topliss-reactive ketones (excluding diaryl/α,β-unsaturated/α-hetero) is 1. The van der Waals surface area contributed by atoms with Crippen LogP contribution >= 0.6 is 0 Å². The molecule has 4 rings (SSSR count). The molecule has 0 radical (unpaired) electrons. The topological polar surface area (TPSA) is 139 Å². The van der Waals surface area contributed by atoms with Crippen LogP contribution in [0.3, 0.4) is 0 Å². The molecule has 2 fully saturated rings. The van der Waals surface area contributed by atoms with E-state index in [-0.39, 0.29) is 36.8 Å². The molecule has 2 N–H and O–H groups in total. The van der Waals surface area contributed by atoms with Crippen LogP contribution in [0.15, 0.2) is 46.0 Å². The van der Waals surface area contributed by atoms with Gasteiger partial charge in [0.25, 0.3) is 15.9 Å². The van der Waals surface area contributed by atoms with Gasteiger partial charge in [-0.15, -0.1) is 0 Å². The molecule has 1 saturated heterocycles. The molecule has 1 saturated carbocycles. The first-order valence-electron chi connectivity index (χ1n) is 13.2. The number of carbonyl (C=O) groups excluding carboxylic acids is 3. The number of aromatic nitrogens is 1. The average molecular weight is 585 g/mol. The maximum Gasteiger partial charge on any atom is 0.449 e. The summed E-state index contributed by atoms with van der Waals surface area (Å²) in [5.41, 5.74) is 0. The number of hydrogen-bond donors (Lipinski definition) is 2. The summed E-state index contributed by atoms with van der Waals surface area (Å²) in [6.45, 7) is -0.407. The van der Waals surface area contributed by atoms with Crippen molar-refractivity contribution in [1.29, 1.82) is 0 Å². The van der Waals surface area contributed by atoms with Crippen LogP contribution in [-0.2, 0) is 25.8 Å². The molecule has 0 spiro atoms. The molecule has 218 valence electrons. The predicted molar refractivity (Wildman–Crippen MR) is 135 cm³/mol. The van der Waals surface area contributed by atoms with Crippen molar-refractivity contribution in [2.45, 2.75) is 74.7 Å². The van der Waals surface area contributed by atoms with Crippen molar-refractivity contribution in [2.75, 3.05) is 13.1 Å². The van der Waals surface area contributed by atoms with E-state index in [1.165, 1.54) is 18.3 Å². The monoisotopic (exact) mass is 584 g/mol. The van der Waals surface area contributed by atoms with E-state index in [9.17, 15) is 36.0 Å². The fraction of sp³-hybridized carbons (Fsp3) is 0.538. The lowest BCUT2D eigenvalue weighted by atomic mass is 9.84. The van der Waals surface area contributed by atoms with Crippen LogP contribution in [-0.4, -0.2) is 60.5 Å². The fourth-order valence-corrected chi connectivity index (χ4v) is 6.46. The molecule has 0 aromatic carbocycles. The molecule has 0 bridgehead atoms. The SMILES string of the molecule is O=C(N[C@@H](CC1CCCCC1)C(=O)N[C@H]1CCCN(S(=O)(=O)c2ccccn2)CC1=O)c1ccc(C(F)(F)F)o1. The van der Waals surface area contributed by atoms with E-state index >= 15 is 0 Å². The first-order valence-corrected chi connectivity index (χ1v) is 14.6. The molecular formula is C26H31F3N4O6S. The summed E-state index contributed by atoms with van der Waals surface area (Å²) in [7, 11) is -4.02. The van der Waals surface area contributed by atoms with Crippen LogP contribution in [0.2, 0.25) is 0 Å². The number of alkyl halides is 3. The summed E-state index contributed by atoms with van der Waals surface area (Å²) < 4.78 is 70.4. The van der Waals surface area contributed by atoms with Crippen molar-refractivity contribution in [3.8, 4) is 0 Å². The van der Waals surface area contributed by atoms with Crippen LogP contribution in [0.25, 0.3) is 0 Å². The minimum atomic E-state index is -4.77. The average Bonchev–Trinajstić information content (AvgIpc) is 3.37. The van der Waals surface area contributed by atoms with E-state index < -0.39 is 63.9 Å². The lowest BCUT2D eigenvalue weighted by molar-refractivity contribution is -0.153. The number of hydrogen-bond acceptors (Lipinski definition) is 7. The van der Waals surface area contributed by atoms with Gasteiger partial charge in [0.05, 0.1) is 12.6 Å². The normalized spacial score (nSPS) is 20.5. The molecule has 2 aromatic rings. The molecule has 1 aliphatic heterocycles. The predicted octanol–water partition coefficient (Wildman–Crippen LogP) is 3.30. The van der Waals surface area contributed by atoms with Crippen LogP contribution in [0.1, 0.15) is 67.7 Å². The fourth-order valence-electron chi connectivity index (χ4n) is 5.09. The minimum Gasteiger partial charge on any atom is -0.446 e. The van der Waals surface area contributed by atoms with Crippen LogP contribution < -0.4 is 10.6 Å². The number of rotatable bonds is 8. The van der Waals surface area contributed by atoms with Gasteiger partial charge in [-0.1, -0.05) is 38.2 Å².